The summed E-state index contributed by atoms with van der Waals surface area (Å²) in [5.41, 5.74) is 6.21. The van der Waals surface area contributed by atoms with Crippen molar-refractivity contribution in [2.45, 2.75) is 192 Å². The molecule has 1 aromatic carbocycles. The normalized spacial score (nSPS) is 11.4. The molecule has 0 unspecified atom stereocenters. The van der Waals surface area contributed by atoms with Gasteiger partial charge in [-0.3, -0.25) is 4.55 Å². The Kier molecular flexibility index (Phi) is 29.9. The summed E-state index contributed by atoms with van der Waals surface area (Å²) in [6.45, 7) is 5.40. The summed E-state index contributed by atoms with van der Waals surface area (Å²) in [6, 6.07) is 6.73. The lowest BCUT2D eigenvalue weighted by molar-refractivity contribution is 0.481. The molecule has 0 spiro atoms. The maximum Gasteiger partial charge on any atom is 0.294 e. The molecule has 0 saturated carbocycles. The SMILES string of the molecule is CCCCCCCCCCCCCCCCCCN.CCCCCCCCCCCCc1ccccc1S(=O)(=O)O. The summed E-state index contributed by atoms with van der Waals surface area (Å²) < 4.78 is 31.8. The van der Waals surface area contributed by atoms with Crippen LogP contribution >= 0.6 is 0 Å². The lowest BCUT2D eigenvalue weighted by Crippen LogP contribution is -2.03. The molecule has 0 fully saturated rings. The first-order valence-corrected chi connectivity index (χ1v) is 19.2. The monoisotopic (exact) mass is 595 g/mol. The highest BCUT2D eigenvalue weighted by molar-refractivity contribution is 7.85. The Morgan fingerprint density at radius 2 is 0.829 bits per heavy atom. The van der Waals surface area contributed by atoms with Crippen molar-refractivity contribution in [1.29, 1.82) is 0 Å². The molecule has 3 N–H and O–H groups in total. The van der Waals surface area contributed by atoms with E-state index in [2.05, 4.69) is 13.8 Å². The average Bonchev–Trinajstić information content (AvgIpc) is 2.96. The summed E-state index contributed by atoms with van der Waals surface area (Å²) in [7, 11) is -4.10. The van der Waals surface area contributed by atoms with Crippen LogP contribution in [0.4, 0.5) is 0 Å². The number of hydrogen-bond acceptors (Lipinski definition) is 3. The zero-order chi connectivity index (χ0) is 30.3. The summed E-state index contributed by atoms with van der Waals surface area (Å²) in [5.74, 6) is 0. The van der Waals surface area contributed by atoms with Gasteiger partial charge in [0.25, 0.3) is 10.1 Å². The molecule has 242 valence electrons. The van der Waals surface area contributed by atoms with E-state index in [-0.39, 0.29) is 4.90 Å². The first-order valence-electron chi connectivity index (χ1n) is 17.7. The molecule has 0 amide bonds. The molecule has 5 heteroatoms. The summed E-state index contributed by atoms with van der Waals surface area (Å²) in [5, 5.41) is 0. The van der Waals surface area contributed by atoms with Crippen LogP contribution in [0.2, 0.25) is 0 Å². The van der Waals surface area contributed by atoms with Crippen molar-refractivity contribution in [3.8, 4) is 0 Å². The van der Waals surface area contributed by atoms with Crippen LogP contribution in [0, 0.1) is 0 Å². The van der Waals surface area contributed by atoms with E-state index in [4.69, 9.17) is 5.73 Å². The van der Waals surface area contributed by atoms with Crippen molar-refractivity contribution >= 4 is 10.1 Å². The highest BCUT2D eigenvalue weighted by atomic mass is 32.2. The standard InChI is InChI=1S/C18H39N.C18H30O3S/c1-2-3-4-5-6-7-8-9-10-11-12-13-14-15-16-17-18-19;1-2-3-4-5-6-7-8-9-10-11-14-17-15-12-13-16-18(17)22(19,20)21/h2-19H2,1H3;12-13,15-16H,2-11,14H2,1H3,(H,19,20,21). The molecule has 0 atom stereocenters. The second kappa shape index (κ2) is 30.5. The van der Waals surface area contributed by atoms with E-state index in [1.165, 1.54) is 160 Å². The van der Waals surface area contributed by atoms with E-state index in [0.717, 1.165) is 24.9 Å². The predicted molar refractivity (Wildman–Crippen MR) is 180 cm³/mol. The maximum absolute atomic E-state index is 11.3. The number of hydrogen-bond donors (Lipinski definition) is 2. The van der Waals surface area contributed by atoms with Gasteiger partial charge in [-0.25, -0.2) is 0 Å². The first-order chi connectivity index (χ1) is 20.0. The largest absolute Gasteiger partial charge is 0.330 e. The molecule has 1 aromatic rings. The predicted octanol–water partition coefficient (Wildman–Crippen LogP) is 11.6. The van der Waals surface area contributed by atoms with Gasteiger partial charge in [0.2, 0.25) is 0 Å². The second-order valence-corrected chi connectivity index (χ2v) is 13.5. The van der Waals surface area contributed by atoms with E-state index in [1.807, 2.05) is 6.07 Å². The Morgan fingerprint density at radius 3 is 1.17 bits per heavy atom. The number of benzene rings is 1. The van der Waals surface area contributed by atoms with Gasteiger partial charge in [-0.1, -0.05) is 186 Å². The van der Waals surface area contributed by atoms with Crippen LogP contribution in [-0.4, -0.2) is 19.5 Å². The summed E-state index contributed by atoms with van der Waals surface area (Å²) in [6.07, 6.45) is 36.2. The molecule has 4 nitrogen and oxygen atoms in total. The quantitative estimate of drug-likeness (QED) is 0.0745. The van der Waals surface area contributed by atoms with E-state index >= 15 is 0 Å². The minimum atomic E-state index is -4.10. The Balaban J connectivity index is 0.000000790. The van der Waals surface area contributed by atoms with Gasteiger partial charge in [0.05, 0.1) is 4.90 Å². The van der Waals surface area contributed by atoms with Gasteiger partial charge in [-0.05, 0) is 37.4 Å². The fourth-order valence-electron chi connectivity index (χ4n) is 5.46. The number of unbranched alkanes of at least 4 members (excludes halogenated alkanes) is 24. The molecule has 1 rings (SSSR count). The Morgan fingerprint density at radius 1 is 0.512 bits per heavy atom. The van der Waals surface area contributed by atoms with E-state index < -0.39 is 10.1 Å². The molecule has 0 heterocycles. The Bertz CT molecular complexity index is 750. The summed E-state index contributed by atoms with van der Waals surface area (Å²) >= 11 is 0. The fourth-order valence-corrected chi connectivity index (χ4v) is 6.21. The van der Waals surface area contributed by atoms with Crippen LogP contribution in [0.15, 0.2) is 29.2 Å². The minimum absolute atomic E-state index is 0.0610. The third-order valence-corrected chi connectivity index (χ3v) is 9.06. The van der Waals surface area contributed by atoms with E-state index in [0.29, 0.717) is 6.42 Å². The number of aryl methyl sites for hydroxylation is 1. The van der Waals surface area contributed by atoms with Crippen LogP contribution in [-0.2, 0) is 16.5 Å². The van der Waals surface area contributed by atoms with Crippen molar-refractivity contribution in [2.75, 3.05) is 6.54 Å². The van der Waals surface area contributed by atoms with Gasteiger partial charge in [-0.15, -0.1) is 0 Å². The molecule has 0 aliphatic carbocycles. The minimum Gasteiger partial charge on any atom is -0.330 e. The molecule has 0 aliphatic heterocycles. The molecular weight excluding hydrogens is 526 g/mol. The van der Waals surface area contributed by atoms with Gasteiger partial charge < -0.3 is 5.73 Å². The van der Waals surface area contributed by atoms with Crippen molar-refractivity contribution in [1.82, 2.24) is 0 Å². The van der Waals surface area contributed by atoms with Crippen molar-refractivity contribution in [3.05, 3.63) is 29.8 Å². The topological polar surface area (TPSA) is 80.4 Å². The molecule has 0 bridgehead atoms. The number of rotatable bonds is 28. The van der Waals surface area contributed by atoms with Crippen molar-refractivity contribution in [3.63, 3.8) is 0 Å². The molecular formula is C36H69NO3S. The van der Waals surface area contributed by atoms with Crippen LogP contribution in [0.25, 0.3) is 0 Å². The second-order valence-electron chi connectivity index (χ2n) is 12.1. The maximum atomic E-state index is 11.3. The fraction of sp³-hybridized carbons (Fsp3) is 0.833. The van der Waals surface area contributed by atoms with Gasteiger partial charge in [0, 0.05) is 0 Å². The number of nitrogens with two attached hydrogens (primary N) is 1. The first kappa shape index (κ1) is 40.1. The zero-order valence-corrected chi connectivity index (χ0v) is 28.2. The third kappa shape index (κ3) is 27.7. The Labute approximate surface area is 256 Å². The van der Waals surface area contributed by atoms with Gasteiger partial charge in [0.15, 0.2) is 0 Å². The van der Waals surface area contributed by atoms with Gasteiger partial charge in [-0.2, -0.15) is 8.42 Å². The van der Waals surface area contributed by atoms with Crippen LogP contribution in [0.1, 0.15) is 186 Å². The highest BCUT2D eigenvalue weighted by Crippen LogP contribution is 2.19. The molecule has 0 saturated heterocycles. The Hall–Kier alpha value is -0.910. The van der Waals surface area contributed by atoms with E-state index in [1.54, 1.807) is 12.1 Å². The average molecular weight is 596 g/mol. The molecule has 0 aliphatic rings. The smallest absolute Gasteiger partial charge is 0.294 e. The lowest BCUT2D eigenvalue weighted by atomic mass is 10.0. The van der Waals surface area contributed by atoms with Gasteiger partial charge >= 0.3 is 0 Å². The van der Waals surface area contributed by atoms with Gasteiger partial charge in [0.1, 0.15) is 0 Å². The zero-order valence-electron chi connectivity index (χ0n) is 27.4. The molecule has 41 heavy (non-hydrogen) atoms. The highest BCUT2D eigenvalue weighted by Gasteiger charge is 2.13. The van der Waals surface area contributed by atoms with Crippen LogP contribution < -0.4 is 5.73 Å². The van der Waals surface area contributed by atoms with E-state index in [9.17, 15) is 13.0 Å². The summed E-state index contributed by atoms with van der Waals surface area (Å²) in [4.78, 5) is 0.0610. The van der Waals surface area contributed by atoms with Crippen molar-refractivity contribution < 1.29 is 13.0 Å². The third-order valence-electron chi connectivity index (χ3n) is 8.11. The van der Waals surface area contributed by atoms with Crippen LogP contribution in [0.5, 0.6) is 0 Å². The molecule has 0 aromatic heterocycles. The lowest BCUT2D eigenvalue weighted by Gasteiger charge is -2.07. The molecule has 0 radical (unpaired) electrons. The van der Waals surface area contributed by atoms with Crippen LogP contribution in [0.3, 0.4) is 0 Å². The van der Waals surface area contributed by atoms with Crippen molar-refractivity contribution in [2.24, 2.45) is 5.73 Å².